The fourth-order valence-electron chi connectivity index (χ4n) is 2.45. The molecule has 0 saturated carbocycles. The Bertz CT molecular complexity index is 682. The number of anilines is 1. The molecule has 0 radical (unpaired) electrons. The van der Waals surface area contributed by atoms with E-state index in [9.17, 15) is 4.79 Å². The number of thioether (sulfide) groups is 1. The number of allylic oxidation sites excluding steroid dienone is 1. The van der Waals surface area contributed by atoms with E-state index in [-0.39, 0.29) is 5.91 Å². The van der Waals surface area contributed by atoms with Gasteiger partial charge in [-0.1, -0.05) is 17.8 Å². The van der Waals surface area contributed by atoms with Crippen LogP contribution in [-0.4, -0.2) is 67.5 Å². The Labute approximate surface area is 144 Å². The summed E-state index contributed by atoms with van der Waals surface area (Å²) in [4.78, 5) is 24.9. The Kier molecular flexibility index (Phi) is 5.42. The van der Waals surface area contributed by atoms with Crippen LogP contribution in [0.25, 0.3) is 0 Å². The summed E-state index contributed by atoms with van der Waals surface area (Å²) in [6, 6.07) is 1.80. The van der Waals surface area contributed by atoms with Gasteiger partial charge in [-0.25, -0.2) is 9.97 Å². The van der Waals surface area contributed by atoms with Crippen LogP contribution in [0.4, 0.5) is 5.95 Å². The van der Waals surface area contributed by atoms with Gasteiger partial charge in [-0.3, -0.25) is 4.79 Å². The molecular formula is C15H19N7OS. The highest BCUT2D eigenvalue weighted by Gasteiger charge is 2.22. The van der Waals surface area contributed by atoms with Crippen molar-refractivity contribution >= 4 is 23.6 Å². The summed E-state index contributed by atoms with van der Waals surface area (Å²) in [7, 11) is 0. The maximum Gasteiger partial charge on any atom is 0.233 e. The summed E-state index contributed by atoms with van der Waals surface area (Å²) in [5.74, 6) is 1.19. The Morgan fingerprint density at radius 2 is 2.00 bits per heavy atom. The topological polar surface area (TPSA) is 80.0 Å². The minimum atomic E-state index is 0.113. The zero-order valence-electron chi connectivity index (χ0n) is 13.3. The Morgan fingerprint density at radius 3 is 2.71 bits per heavy atom. The molecule has 0 aromatic carbocycles. The minimum absolute atomic E-state index is 0.113. The monoisotopic (exact) mass is 345 g/mol. The number of carbonyl (C=O) groups is 1. The average Bonchev–Trinajstić information content (AvgIpc) is 3.08. The van der Waals surface area contributed by atoms with E-state index in [0.717, 1.165) is 24.2 Å². The first-order valence-electron chi connectivity index (χ1n) is 7.69. The first-order chi connectivity index (χ1) is 11.8. The van der Waals surface area contributed by atoms with Crippen molar-refractivity contribution in [1.82, 2.24) is 29.6 Å². The van der Waals surface area contributed by atoms with E-state index in [1.807, 2.05) is 9.47 Å². The third kappa shape index (κ3) is 3.91. The molecule has 0 atom stereocenters. The molecule has 8 nitrogen and oxygen atoms in total. The van der Waals surface area contributed by atoms with E-state index in [2.05, 4.69) is 31.6 Å². The summed E-state index contributed by atoms with van der Waals surface area (Å²) in [5, 5.41) is 8.65. The van der Waals surface area contributed by atoms with Crippen molar-refractivity contribution in [3.63, 3.8) is 0 Å². The van der Waals surface area contributed by atoms with Gasteiger partial charge in [-0.2, -0.15) is 0 Å². The zero-order valence-corrected chi connectivity index (χ0v) is 14.1. The lowest BCUT2D eigenvalue weighted by Crippen LogP contribution is -2.49. The SMILES string of the molecule is C=CCn1cnnc1SCC(=O)N1CCN(c2ncccn2)CC1. The molecule has 0 spiro atoms. The molecule has 1 amide bonds. The van der Waals surface area contributed by atoms with E-state index in [0.29, 0.717) is 25.4 Å². The van der Waals surface area contributed by atoms with E-state index < -0.39 is 0 Å². The molecule has 2 aromatic heterocycles. The molecule has 1 saturated heterocycles. The quantitative estimate of drug-likeness (QED) is 0.563. The molecule has 0 bridgehead atoms. The smallest absolute Gasteiger partial charge is 0.233 e. The van der Waals surface area contributed by atoms with Crippen LogP contribution < -0.4 is 4.90 Å². The van der Waals surface area contributed by atoms with Gasteiger partial charge in [0.25, 0.3) is 0 Å². The predicted molar refractivity (Wildman–Crippen MR) is 91.8 cm³/mol. The lowest BCUT2D eigenvalue weighted by Gasteiger charge is -2.34. The molecule has 2 aromatic rings. The van der Waals surface area contributed by atoms with Gasteiger partial charge in [0.15, 0.2) is 5.16 Å². The van der Waals surface area contributed by atoms with Gasteiger partial charge < -0.3 is 14.4 Å². The molecule has 126 valence electrons. The van der Waals surface area contributed by atoms with Gasteiger partial charge in [0.1, 0.15) is 6.33 Å². The summed E-state index contributed by atoms with van der Waals surface area (Å²) in [6.07, 6.45) is 6.89. The van der Waals surface area contributed by atoms with E-state index in [1.165, 1.54) is 11.8 Å². The number of amides is 1. The van der Waals surface area contributed by atoms with Gasteiger partial charge in [0, 0.05) is 45.1 Å². The Morgan fingerprint density at radius 1 is 1.25 bits per heavy atom. The molecule has 3 rings (SSSR count). The predicted octanol–water partition coefficient (Wildman–Crippen LogP) is 0.695. The number of piperazine rings is 1. The molecule has 1 aliphatic heterocycles. The summed E-state index contributed by atoms with van der Waals surface area (Å²) in [5.41, 5.74) is 0. The molecule has 24 heavy (non-hydrogen) atoms. The standard InChI is InChI=1S/C15H19N7OS/c1-2-6-22-12-18-19-15(22)24-11-13(23)20-7-9-21(10-8-20)14-16-4-3-5-17-14/h2-5,12H,1,6-11H2. The number of carbonyl (C=O) groups excluding carboxylic acids is 1. The number of hydrogen-bond acceptors (Lipinski definition) is 7. The summed E-state index contributed by atoms with van der Waals surface area (Å²) in [6.45, 7) is 7.18. The molecule has 1 fully saturated rings. The first kappa shape index (κ1) is 16.4. The van der Waals surface area contributed by atoms with E-state index in [1.54, 1.807) is 30.9 Å². The molecule has 1 aliphatic rings. The van der Waals surface area contributed by atoms with Crippen LogP contribution >= 0.6 is 11.8 Å². The van der Waals surface area contributed by atoms with Gasteiger partial charge in [-0.05, 0) is 6.07 Å². The van der Waals surface area contributed by atoms with Crippen molar-refractivity contribution in [2.45, 2.75) is 11.7 Å². The average molecular weight is 345 g/mol. The van der Waals surface area contributed by atoms with E-state index in [4.69, 9.17) is 0 Å². The van der Waals surface area contributed by atoms with Gasteiger partial charge in [-0.15, -0.1) is 16.8 Å². The van der Waals surface area contributed by atoms with Crippen molar-refractivity contribution in [3.8, 4) is 0 Å². The van der Waals surface area contributed by atoms with Gasteiger partial charge in [0.05, 0.1) is 5.75 Å². The maximum absolute atomic E-state index is 12.4. The first-order valence-corrected chi connectivity index (χ1v) is 8.67. The molecule has 9 heteroatoms. The van der Waals surface area contributed by atoms with Crippen molar-refractivity contribution < 1.29 is 4.79 Å². The summed E-state index contributed by atoms with van der Waals surface area (Å²) < 4.78 is 1.87. The number of aromatic nitrogens is 5. The van der Waals surface area contributed by atoms with Crippen molar-refractivity contribution in [2.75, 3.05) is 36.8 Å². The van der Waals surface area contributed by atoms with Crippen LogP contribution in [0.5, 0.6) is 0 Å². The lowest BCUT2D eigenvalue weighted by atomic mass is 10.3. The normalized spacial score (nSPS) is 14.7. The van der Waals surface area contributed by atoms with Gasteiger partial charge in [0.2, 0.25) is 11.9 Å². The largest absolute Gasteiger partial charge is 0.338 e. The highest BCUT2D eigenvalue weighted by atomic mass is 32.2. The van der Waals surface area contributed by atoms with Gasteiger partial charge >= 0.3 is 0 Å². The fourth-order valence-corrected chi connectivity index (χ4v) is 3.28. The fraction of sp³-hybridized carbons (Fsp3) is 0.400. The molecule has 0 N–H and O–H groups in total. The second kappa shape index (κ2) is 7.91. The Hall–Kier alpha value is -2.42. The van der Waals surface area contributed by atoms with Crippen LogP contribution in [0, 0.1) is 0 Å². The number of hydrogen-bond donors (Lipinski definition) is 0. The maximum atomic E-state index is 12.4. The second-order valence-electron chi connectivity index (χ2n) is 5.26. The number of rotatable bonds is 6. The second-order valence-corrected chi connectivity index (χ2v) is 6.20. The molecule has 3 heterocycles. The van der Waals surface area contributed by atoms with Crippen LogP contribution in [0.2, 0.25) is 0 Å². The van der Waals surface area contributed by atoms with Crippen molar-refractivity contribution in [2.24, 2.45) is 0 Å². The Balaban J connectivity index is 1.48. The molecular weight excluding hydrogens is 326 g/mol. The zero-order chi connectivity index (χ0) is 16.8. The lowest BCUT2D eigenvalue weighted by molar-refractivity contribution is -0.128. The van der Waals surface area contributed by atoms with Crippen LogP contribution in [0.3, 0.4) is 0 Å². The molecule has 0 aliphatic carbocycles. The third-order valence-corrected chi connectivity index (χ3v) is 4.66. The van der Waals surface area contributed by atoms with Crippen LogP contribution in [0.15, 0.2) is 42.6 Å². The molecule has 0 unspecified atom stereocenters. The van der Waals surface area contributed by atoms with Crippen molar-refractivity contribution in [1.29, 1.82) is 0 Å². The van der Waals surface area contributed by atoms with Crippen LogP contribution in [-0.2, 0) is 11.3 Å². The van der Waals surface area contributed by atoms with E-state index >= 15 is 0 Å². The van der Waals surface area contributed by atoms with Crippen LogP contribution in [0.1, 0.15) is 0 Å². The highest BCUT2D eigenvalue weighted by molar-refractivity contribution is 7.99. The van der Waals surface area contributed by atoms with Crippen molar-refractivity contribution in [3.05, 3.63) is 37.4 Å². The summed E-state index contributed by atoms with van der Waals surface area (Å²) >= 11 is 1.40. The minimum Gasteiger partial charge on any atom is -0.338 e. The highest BCUT2D eigenvalue weighted by Crippen LogP contribution is 2.16. The number of nitrogens with zero attached hydrogens (tertiary/aromatic N) is 7. The third-order valence-electron chi connectivity index (χ3n) is 3.70.